The SMILES string of the molecule is CC1CCCCC1N(C)CCCN. The maximum atomic E-state index is 5.51. The lowest BCUT2D eigenvalue weighted by molar-refractivity contribution is 0.139. The molecule has 0 aromatic heterocycles. The fourth-order valence-electron chi connectivity index (χ4n) is 2.46. The van der Waals surface area contributed by atoms with E-state index in [0.29, 0.717) is 0 Å². The largest absolute Gasteiger partial charge is 0.330 e. The molecule has 0 saturated heterocycles. The Labute approximate surface area is 82.5 Å². The van der Waals surface area contributed by atoms with E-state index in [0.717, 1.165) is 24.9 Å². The normalized spacial score (nSPS) is 29.5. The van der Waals surface area contributed by atoms with Crippen LogP contribution in [0.25, 0.3) is 0 Å². The summed E-state index contributed by atoms with van der Waals surface area (Å²) in [7, 11) is 2.25. The van der Waals surface area contributed by atoms with Gasteiger partial charge in [0, 0.05) is 6.04 Å². The molecule has 2 N–H and O–H groups in total. The topological polar surface area (TPSA) is 29.3 Å². The second-order valence-corrected chi connectivity index (χ2v) is 4.45. The monoisotopic (exact) mass is 184 g/mol. The standard InChI is InChI=1S/C11H24N2/c1-10-6-3-4-7-11(10)13(2)9-5-8-12/h10-11H,3-9,12H2,1-2H3. The van der Waals surface area contributed by atoms with Crippen molar-refractivity contribution in [3.8, 4) is 0 Å². The molecule has 13 heavy (non-hydrogen) atoms. The van der Waals surface area contributed by atoms with Crippen LogP contribution in [0.1, 0.15) is 39.0 Å². The van der Waals surface area contributed by atoms with Gasteiger partial charge in [0.2, 0.25) is 0 Å². The Morgan fingerprint density at radius 3 is 2.62 bits per heavy atom. The maximum Gasteiger partial charge on any atom is 0.0118 e. The quantitative estimate of drug-likeness (QED) is 0.722. The first-order valence-corrected chi connectivity index (χ1v) is 5.66. The van der Waals surface area contributed by atoms with Crippen molar-refractivity contribution in [2.24, 2.45) is 11.7 Å². The first-order valence-electron chi connectivity index (χ1n) is 5.66. The predicted molar refractivity (Wildman–Crippen MR) is 57.7 cm³/mol. The zero-order valence-corrected chi connectivity index (χ0v) is 9.13. The van der Waals surface area contributed by atoms with Gasteiger partial charge in [0.15, 0.2) is 0 Å². The van der Waals surface area contributed by atoms with Gasteiger partial charge in [-0.2, -0.15) is 0 Å². The minimum Gasteiger partial charge on any atom is -0.330 e. The highest BCUT2D eigenvalue weighted by molar-refractivity contribution is 4.79. The van der Waals surface area contributed by atoms with E-state index in [-0.39, 0.29) is 0 Å². The zero-order chi connectivity index (χ0) is 9.68. The van der Waals surface area contributed by atoms with E-state index in [1.807, 2.05) is 0 Å². The Kier molecular flexibility index (Phi) is 4.74. The summed E-state index contributed by atoms with van der Waals surface area (Å²) in [4.78, 5) is 2.51. The van der Waals surface area contributed by atoms with Crippen molar-refractivity contribution in [3.05, 3.63) is 0 Å². The van der Waals surface area contributed by atoms with Crippen LogP contribution in [0.5, 0.6) is 0 Å². The Balaban J connectivity index is 2.30. The van der Waals surface area contributed by atoms with Gasteiger partial charge in [-0.25, -0.2) is 0 Å². The lowest BCUT2D eigenvalue weighted by Gasteiger charge is -2.36. The number of nitrogens with zero attached hydrogens (tertiary/aromatic N) is 1. The molecule has 2 unspecified atom stereocenters. The summed E-state index contributed by atoms with van der Waals surface area (Å²) < 4.78 is 0. The number of hydrogen-bond donors (Lipinski definition) is 1. The van der Waals surface area contributed by atoms with Gasteiger partial charge in [-0.05, 0) is 45.3 Å². The van der Waals surface area contributed by atoms with Crippen molar-refractivity contribution in [1.82, 2.24) is 4.90 Å². The maximum absolute atomic E-state index is 5.51. The van der Waals surface area contributed by atoms with Crippen molar-refractivity contribution >= 4 is 0 Å². The average Bonchev–Trinajstić information content (AvgIpc) is 2.15. The van der Waals surface area contributed by atoms with Crippen LogP contribution in [0.2, 0.25) is 0 Å². The van der Waals surface area contributed by atoms with Crippen LogP contribution >= 0.6 is 0 Å². The minimum atomic E-state index is 0.820. The lowest BCUT2D eigenvalue weighted by Crippen LogP contribution is -2.39. The van der Waals surface area contributed by atoms with Crippen molar-refractivity contribution in [1.29, 1.82) is 0 Å². The molecule has 0 aromatic rings. The molecule has 2 heteroatoms. The van der Waals surface area contributed by atoms with E-state index in [4.69, 9.17) is 5.73 Å². The summed E-state index contributed by atoms with van der Waals surface area (Å²) in [6.07, 6.45) is 6.80. The predicted octanol–water partition coefficient (Wildman–Crippen LogP) is 1.85. The highest BCUT2D eigenvalue weighted by atomic mass is 15.1. The van der Waals surface area contributed by atoms with Gasteiger partial charge in [-0.3, -0.25) is 0 Å². The first kappa shape index (κ1) is 11.0. The summed E-state index contributed by atoms with van der Waals surface area (Å²) in [6, 6.07) is 0.820. The third kappa shape index (κ3) is 3.28. The van der Waals surface area contributed by atoms with Gasteiger partial charge in [-0.1, -0.05) is 19.8 Å². The Bertz CT molecular complexity index is 136. The van der Waals surface area contributed by atoms with Crippen LogP contribution in [-0.4, -0.2) is 31.1 Å². The van der Waals surface area contributed by atoms with Crippen LogP contribution in [0.4, 0.5) is 0 Å². The Hall–Kier alpha value is -0.0800. The number of rotatable bonds is 4. The summed E-state index contributed by atoms with van der Waals surface area (Å²) in [5.41, 5.74) is 5.51. The number of nitrogens with two attached hydrogens (primary N) is 1. The van der Waals surface area contributed by atoms with Crippen LogP contribution in [0.15, 0.2) is 0 Å². The van der Waals surface area contributed by atoms with Gasteiger partial charge in [-0.15, -0.1) is 0 Å². The molecule has 0 amide bonds. The van der Waals surface area contributed by atoms with E-state index in [1.54, 1.807) is 0 Å². The molecule has 0 radical (unpaired) electrons. The van der Waals surface area contributed by atoms with Gasteiger partial charge >= 0.3 is 0 Å². The second kappa shape index (κ2) is 5.61. The molecule has 1 rings (SSSR count). The fourth-order valence-corrected chi connectivity index (χ4v) is 2.46. The Morgan fingerprint density at radius 1 is 1.31 bits per heavy atom. The summed E-state index contributed by atoms with van der Waals surface area (Å²) in [5, 5.41) is 0. The molecule has 0 aliphatic heterocycles. The smallest absolute Gasteiger partial charge is 0.0118 e. The number of hydrogen-bond acceptors (Lipinski definition) is 2. The van der Waals surface area contributed by atoms with Crippen molar-refractivity contribution < 1.29 is 0 Å². The van der Waals surface area contributed by atoms with Crippen LogP contribution in [0.3, 0.4) is 0 Å². The van der Waals surface area contributed by atoms with E-state index in [2.05, 4.69) is 18.9 Å². The fraction of sp³-hybridized carbons (Fsp3) is 1.00. The van der Waals surface area contributed by atoms with Crippen molar-refractivity contribution in [3.63, 3.8) is 0 Å². The molecule has 0 spiro atoms. The van der Waals surface area contributed by atoms with Crippen LogP contribution in [-0.2, 0) is 0 Å². The van der Waals surface area contributed by atoms with Crippen LogP contribution in [0, 0.1) is 5.92 Å². The molecule has 2 nitrogen and oxygen atoms in total. The molecular formula is C11H24N2. The lowest BCUT2D eigenvalue weighted by atomic mass is 9.85. The zero-order valence-electron chi connectivity index (χ0n) is 9.13. The van der Waals surface area contributed by atoms with E-state index in [9.17, 15) is 0 Å². The van der Waals surface area contributed by atoms with Crippen molar-refractivity contribution in [2.45, 2.75) is 45.1 Å². The van der Waals surface area contributed by atoms with Gasteiger partial charge in [0.25, 0.3) is 0 Å². The summed E-state index contributed by atoms with van der Waals surface area (Å²) >= 11 is 0. The highest BCUT2D eigenvalue weighted by Gasteiger charge is 2.24. The summed E-state index contributed by atoms with van der Waals surface area (Å²) in [6.45, 7) is 4.39. The third-order valence-corrected chi connectivity index (χ3v) is 3.35. The molecule has 0 heterocycles. The van der Waals surface area contributed by atoms with E-state index < -0.39 is 0 Å². The minimum absolute atomic E-state index is 0.820. The molecule has 1 saturated carbocycles. The van der Waals surface area contributed by atoms with Gasteiger partial charge in [0.1, 0.15) is 0 Å². The molecular weight excluding hydrogens is 160 g/mol. The molecule has 1 fully saturated rings. The summed E-state index contributed by atoms with van der Waals surface area (Å²) in [5.74, 6) is 0.886. The van der Waals surface area contributed by atoms with Crippen LogP contribution < -0.4 is 5.73 Å². The van der Waals surface area contributed by atoms with Gasteiger partial charge in [0.05, 0.1) is 0 Å². The van der Waals surface area contributed by atoms with E-state index >= 15 is 0 Å². The Morgan fingerprint density at radius 2 is 2.00 bits per heavy atom. The molecule has 0 bridgehead atoms. The average molecular weight is 184 g/mol. The first-order chi connectivity index (χ1) is 6.25. The molecule has 78 valence electrons. The van der Waals surface area contributed by atoms with Crippen molar-refractivity contribution in [2.75, 3.05) is 20.1 Å². The van der Waals surface area contributed by atoms with Gasteiger partial charge < -0.3 is 10.6 Å². The highest BCUT2D eigenvalue weighted by Crippen LogP contribution is 2.27. The molecule has 2 atom stereocenters. The third-order valence-electron chi connectivity index (χ3n) is 3.35. The molecule has 1 aliphatic rings. The van der Waals surface area contributed by atoms with E-state index in [1.165, 1.54) is 32.2 Å². The molecule has 0 aromatic carbocycles. The molecule has 1 aliphatic carbocycles. The second-order valence-electron chi connectivity index (χ2n) is 4.45.